The first-order valence-electron chi connectivity index (χ1n) is 1.98. The molecule has 0 N–H and O–H groups in total. The highest BCUT2D eigenvalue weighted by atomic mass is 127. The molecule has 3 heteroatoms. The maximum absolute atomic E-state index is 12.3. The molecular formula is C5H3BrFI. The molecule has 0 aromatic rings. The molecule has 0 bridgehead atoms. The van der Waals surface area contributed by atoms with Crippen molar-refractivity contribution in [3.63, 3.8) is 0 Å². The Balaban J connectivity index is 2.97. The molecule has 1 heterocycles. The van der Waals surface area contributed by atoms with Crippen LogP contribution in [-0.2, 0) is 0 Å². The lowest BCUT2D eigenvalue weighted by Gasteiger charge is -1.92. The summed E-state index contributed by atoms with van der Waals surface area (Å²) in [5.74, 6) is -0.157. The maximum atomic E-state index is 12.3. The second-order valence-electron chi connectivity index (χ2n) is 1.22. The molecule has 0 aliphatic carbocycles. The standard InChI is InChI=1S/C5H3BrFI/c6-4-3-8-2-1-5(4)7/h1-3H. The minimum atomic E-state index is -0.157. The number of hydrogen-bond acceptors (Lipinski definition) is 0. The second-order valence-corrected chi connectivity index (χ2v) is 4.14. The number of allylic oxidation sites excluding steroid dienone is 3. The van der Waals surface area contributed by atoms with Gasteiger partial charge < -0.3 is 0 Å². The minimum Gasteiger partial charge on any atom is -0.206 e. The molecular weight excluding hydrogens is 286 g/mol. The molecule has 0 saturated carbocycles. The third-order valence-electron chi connectivity index (χ3n) is 0.669. The van der Waals surface area contributed by atoms with Crippen molar-refractivity contribution in [2.24, 2.45) is 0 Å². The minimum absolute atomic E-state index is 0.00299. The Bertz CT molecular complexity index is 161. The molecule has 0 unspecified atom stereocenters. The van der Waals surface area contributed by atoms with Crippen LogP contribution in [0.1, 0.15) is 0 Å². The first kappa shape index (κ1) is 6.61. The second kappa shape index (κ2) is 2.87. The Kier molecular flexibility index (Phi) is 2.37. The van der Waals surface area contributed by atoms with Gasteiger partial charge in [-0.2, -0.15) is 0 Å². The Morgan fingerprint density at radius 2 is 2.38 bits per heavy atom. The largest absolute Gasteiger partial charge is 0.206 e. The van der Waals surface area contributed by atoms with Crippen LogP contribution in [0.5, 0.6) is 0 Å². The van der Waals surface area contributed by atoms with E-state index in [0.29, 0.717) is 4.48 Å². The molecule has 0 nitrogen and oxygen atoms in total. The van der Waals surface area contributed by atoms with Crippen molar-refractivity contribution in [2.45, 2.75) is 0 Å². The third kappa shape index (κ3) is 1.48. The monoisotopic (exact) mass is 288 g/mol. The van der Waals surface area contributed by atoms with Crippen molar-refractivity contribution in [2.75, 3.05) is 0 Å². The quantitative estimate of drug-likeness (QED) is 0.601. The fraction of sp³-hybridized carbons (Fsp3) is 0. The summed E-state index contributed by atoms with van der Waals surface area (Å²) in [6, 6.07) is 0. The topological polar surface area (TPSA) is 0 Å². The van der Waals surface area contributed by atoms with Crippen molar-refractivity contribution < 1.29 is 4.39 Å². The SMILES string of the molecule is FC1=C(Br)C=IC=C1. The smallest absolute Gasteiger partial charge is 0.138 e. The summed E-state index contributed by atoms with van der Waals surface area (Å²) in [6.07, 6.45) is 1.51. The van der Waals surface area contributed by atoms with Crippen LogP contribution in [0.3, 0.4) is 0 Å². The van der Waals surface area contributed by atoms with Gasteiger partial charge in [-0.05, 0) is 30.1 Å². The highest BCUT2D eigenvalue weighted by molar-refractivity contribution is 14.2. The van der Waals surface area contributed by atoms with Gasteiger partial charge in [0.1, 0.15) is 5.83 Å². The summed E-state index contributed by atoms with van der Waals surface area (Å²) < 4.78 is 16.7. The van der Waals surface area contributed by atoms with Crippen LogP contribution in [-0.4, -0.2) is 4.01 Å². The lowest BCUT2D eigenvalue weighted by atomic mass is 10.5. The Hall–Kier alpha value is 0.490. The molecule has 8 heavy (non-hydrogen) atoms. The maximum Gasteiger partial charge on any atom is 0.138 e. The Morgan fingerprint density at radius 1 is 1.62 bits per heavy atom. The van der Waals surface area contributed by atoms with Gasteiger partial charge in [-0.3, -0.25) is 0 Å². The van der Waals surface area contributed by atoms with Crippen molar-refractivity contribution in [3.05, 3.63) is 20.5 Å². The molecule has 1 aliphatic heterocycles. The van der Waals surface area contributed by atoms with Crippen LogP contribution in [0.25, 0.3) is 0 Å². The lowest BCUT2D eigenvalue weighted by molar-refractivity contribution is 0.668. The van der Waals surface area contributed by atoms with Crippen molar-refractivity contribution in [3.8, 4) is 0 Å². The van der Waals surface area contributed by atoms with E-state index in [2.05, 4.69) is 15.9 Å². The predicted octanol–water partition coefficient (Wildman–Crippen LogP) is 2.86. The predicted molar refractivity (Wildman–Crippen MR) is 46.3 cm³/mol. The lowest BCUT2D eigenvalue weighted by Crippen LogP contribution is -1.76. The third-order valence-corrected chi connectivity index (χ3v) is 3.89. The number of hydrogen-bond donors (Lipinski definition) is 0. The van der Waals surface area contributed by atoms with E-state index in [1.807, 2.05) is 8.09 Å². The van der Waals surface area contributed by atoms with Gasteiger partial charge in [0, 0.05) is 0 Å². The summed E-state index contributed by atoms with van der Waals surface area (Å²) >= 11 is 3.08. The van der Waals surface area contributed by atoms with E-state index in [0.717, 1.165) is 0 Å². The van der Waals surface area contributed by atoms with E-state index in [4.69, 9.17) is 0 Å². The molecule has 0 aromatic heterocycles. The van der Waals surface area contributed by atoms with Crippen LogP contribution in [0.4, 0.5) is 4.39 Å². The fourth-order valence-electron chi connectivity index (χ4n) is 0.315. The van der Waals surface area contributed by atoms with Crippen LogP contribution in [0.15, 0.2) is 20.5 Å². The first-order valence-corrected chi connectivity index (χ1v) is 5.26. The Morgan fingerprint density at radius 3 is 2.75 bits per heavy atom. The van der Waals surface area contributed by atoms with Gasteiger partial charge in [-0.25, -0.2) is 4.39 Å². The Labute approximate surface area is 65.3 Å². The van der Waals surface area contributed by atoms with Gasteiger partial charge in [0.25, 0.3) is 0 Å². The highest BCUT2D eigenvalue weighted by Gasteiger charge is 1.96. The summed E-state index contributed by atoms with van der Waals surface area (Å²) in [7, 11) is 0. The fourth-order valence-corrected chi connectivity index (χ4v) is 2.46. The van der Waals surface area contributed by atoms with E-state index in [1.165, 1.54) is 6.08 Å². The first-order chi connectivity index (χ1) is 3.80. The number of halogens is 3. The zero-order valence-electron chi connectivity index (χ0n) is 3.87. The van der Waals surface area contributed by atoms with Crippen molar-refractivity contribution in [1.29, 1.82) is 0 Å². The molecule has 1 rings (SSSR count). The van der Waals surface area contributed by atoms with Gasteiger partial charge in [0.2, 0.25) is 0 Å². The summed E-state index contributed by atoms with van der Waals surface area (Å²) in [5, 5.41) is 0. The molecule has 0 saturated heterocycles. The zero-order chi connectivity index (χ0) is 5.98. The van der Waals surface area contributed by atoms with E-state index in [1.54, 1.807) is 0 Å². The summed E-state index contributed by atoms with van der Waals surface area (Å²) in [6.45, 7) is 0. The van der Waals surface area contributed by atoms with E-state index in [9.17, 15) is 4.39 Å². The molecule has 0 spiro atoms. The average Bonchev–Trinajstić information content (AvgIpc) is 1.77. The van der Waals surface area contributed by atoms with Gasteiger partial charge in [0.05, 0.1) is 4.48 Å². The average molecular weight is 289 g/mol. The molecule has 0 atom stereocenters. The van der Waals surface area contributed by atoms with E-state index >= 15 is 0 Å². The van der Waals surface area contributed by atoms with Crippen LogP contribution in [0.2, 0.25) is 0 Å². The summed E-state index contributed by atoms with van der Waals surface area (Å²) in [4.78, 5) is 0. The van der Waals surface area contributed by atoms with Gasteiger partial charge in [0.15, 0.2) is 0 Å². The molecule has 1 aliphatic rings. The van der Waals surface area contributed by atoms with Gasteiger partial charge in [-0.1, -0.05) is 20.7 Å². The van der Waals surface area contributed by atoms with Crippen LogP contribution >= 0.6 is 36.7 Å². The van der Waals surface area contributed by atoms with Gasteiger partial charge in [-0.15, -0.1) is 0 Å². The normalized spacial score (nSPS) is 18.8. The van der Waals surface area contributed by atoms with Crippen molar-refractivity contribution in [1.82, 2.24) is 0 Å². The van der Waals surface area contributed by atoms with Crippen molar-refractivity contribution >= 4 is 40.7 Å². The molecule has 0 fully saturated rings. The molecule has 0 aromatic carbocycles. The molecule has 44 valence electrons. The van der Waals surface area contributed by atoms with E-state index in [-0.39, 0.29) is 26.6 Å². The van der Waals surface area contributed by atoms with Gasteiger partial charge >= 0.3 is 0 Å². The molecule has 0 radical (unpaired) electrons. The molecule has 0 amide bonds. The highest BCUT2D eigenvalue weighted by Crippen LogP contribution is 2.20. The zero-order valence-corrected chi connectivity index (χ0v) is 7.61. The van der Waals surface area contributed by atoms with E-state index < -0.39 is 0 Å². The number of rotatable bonds is 0. The van der Waals surface area contributed by atoms with Crippen LogP contribution in [0, 0.1) is 0 Å². The van der Waals surface area contributed by atoms with Crippen LogP contribution < -0.4 is 0 Å². The summed E-state index contributed by atoms with van der Waals surface area (Å²) in [5.41, 5.74) is 0.